The summed E-state index contributed by atoms with van der Waals surface area (Å²) in [5.41, 5.74) is 3.69. The van der Waals surface area contributed by atoms with Crippen molar-refractivity contribution in [3.63, 3.8) is 0 Å². The van der Waals surface area contributed by atoms with E-state index in [1.165, 1.54) is 16.9 Å². The van der Waals surface area contributed by atoms with E-state index in [0.717, 1.165) is 16.8 Å². The van der Waals surface area contributed by atoms with Crippen LogP contribution < -0.4 is 14.8 Å². The molecule has 1 amide bonds. The highest BCUT2D eigenvalue weighted by Gasteiger charge is 2.14. The summed E-state index contributed by atoms with van der Waals surface area (Å²) in [7, 11) is 3.20. The average molecular weight is 450 g/mol. The van der Waals surface area contributed by atoms with Crippen LogP contribution in [0.15, 0.2) is 58.5 Å². The summed E-state index contributed by atoms with van der Waals surface area (Å²) in [6.45, 7) is 2.03. The van der Waals surface area contributed by atoms with Gasteiger partial charge in [-0.05, 0) is 19.1 Å². The molecule has 0 radical (unpaired) electrons. The van der Waals surface area contributed by atoms with Crippen molar-refractivity contribution in [3.05, 3.63) is 65.5 Å². The van der Waals surface area contributed by atoms with Crippen LogP contribution in [0.25, 0.3) is 22.6 Å². The fourth-order valence-corrected chi connectivity index (χ4v) is 3.87. The number of rotatable bonds is 8. The fourth-order valence-electron chi connectivity index (χ4n) is 3.14. The van der Waals surface area contributed by atoms with Crippen molar-refractivity contribution in [1.29, 1.82) is 0 Å². The molecule has 0 saturated heterocycles. The van der Waals surface area contributed by atoms with Gasteiger partial charge in [-0.15, -0.1) is 11.3 Å². The van der Waals surface area contributed by atoms with Gasteiger partial charge in [-0.1, -0.05) is 29.8 Å². The topological polar surface area (TPSA) is 86.5 Å². The van der Waals surface area contributed by atoms with E-state index >= 15 is 0 Å². The number of hydrogen-bond acceptors (Lipinski definition) is 7. The molecular formula is C24H23N3O4S. The first kappa shape index (κ1) is 21.6. The number of carbonyl (C=O) groups is 1. The Morgan fingerprint density at radius 2 is 1.94 bits per heavy atom. The second kappa shape index (κ2) is 9.65. The molecule has 1 N–H and O–H groups in total. The van der Waals surface area contributed by atoms with Gasteiger partial charge in [0.05, 0.1) is 26.1 Å². The predicted octanol–water partition coefficient (Wildman–Crippen LogP) is 5.36. The number of hydrogen-bond donors (Lipinski definition) is 1. The molecule has 8 heteroatoms. The average Bonchev–Trinajstić information content (AvgIpc) is 3.47. The Morgan fingerprint density at radius 3 is 2.69 bits per heavy atom. The number of aryl methyl sites for hydroxylation is 2. The number of amides is 1. The van der Waals surface area contributed by atoms with Gasteiger partial charge in [0.2, 0.25) is 5.91 Å². The van der Waals surface area contributed by atoms with Crippen LogP contribution in [-0.2, 0) is 11.2 Å². The van der Waals surface area contributed by atoms with Crippen LogP contribution in [0, 0.1) is 6.92 Å². The minimum Gasteiger partial charge on any atom is -0.497 e. The van der Waals surface area contributed by atoms with Crippen LogP contribution in [0.4, 0.5) is 5.13 Å². The SMILES string of the molecule is COc1ccc(-c2csc(NC(=O)CCc3ncc(-c4ccc(C)cc4)o3)n2)c(OC)c1. The van der Waals surface area contributed by atoms with Crippen molar-refractivity contribution < 1.29 is 18.7 Å². The highest BCUT2D eigenvalue weighted by atomic mass is 32.1. The molecular weight excluding hydrogens is 426 g/mol. The Morgan fingerprint density at radius 1 is 1.12 bits per heavy atom. The Kier molecular flexibility index (Phi) is 6.51. The van der Waals surface area contributed by atoms with E-state index in [4.69, 9.17) is 13.9 Å². The molecule has 2 aromatic carbocycles. The third-order valence-corrected chi connectivity index (χ3v) is 5.65. The quantitative estimate of drug-likeness (QED) is 0.390. The van der Waals surface area contributed by atoms with Crippen molar-refractivity contribution >= 4 is 22.4 Å². The van der Waals surface area contributed by atoms with Gasteiger partial charge in [0, 0.05) is 35.4 Å². The molecule has 0 unspecified atom stereocenters. The number of nitrogens with zero attached hydrogens (tertiary/aromatic N) is 2. The molecule has 0 aliphatic carbocycles. The van der Waals surface area contributed by atoms with E-state index in [2.05, 4.69) is 15.3 Å². The summed E-state index contributed by atoms with van der Waals surface area (Å²) >= 11 is 1.36. The molecule has 4 aromatic rings. The van der Waals surface area contributed by atoms with E-state index in [9.17, 15) is 4.79 Å². The van der Waals surface area contributed by atoms with E-state index < -0.39 is 0 Å². The van der Waals surface area contributed by atoms with Crippen LogP contribution in [0.2, 0.25) is 0 Å². The normalized spacial score (nSPS) is 10.7. The summed E-state index contributed by atoms with van der Waals surface area (Å²) in [5, 5.41) is 5.24. The van der Waals surface area contributed by atoms with Crippen molar-refractivity contribution in [2.75, 3.05) is 19.5 Å². The number of carbonyl (C=O) groups excluding carboxylic acids is 1. The van der Waals surface area contributed by atoms with Crippen LogP contribution in [0.1, 0.15) is 17.9 Å². The van der Waals surface area contributed by atoms with Crippen LogP contribution in [0.5, 0.6) is 11.5 Å². The maximum Gasteiger partial charge on any atom is 0.226 e. The number of thiazole rings is 1. The minimum atomic E-state index is -0.150. The second-order valence-corrected chi connectivity index (χ2v) is 7.99. The summed E-state index contributed by atoms with van der Waals surface area (Å²) in [6.07, 6.45) is 2.34. The molecule has 32 heavy (non-hydrogen) atoms. The molecule has 0 bridgehead atoms. The smallest absolute Gasteiger partial charge is 0.226 e. The zero-order valence-corrected chi connectivity index (χ0v) is 18.9. The summed E-state index contributed by atoms with van der Waals surface area (Å²) < 4.78 is 16.5. The zero-order valence-electron chi connectivity index (χ0n) is 18.0. The summed E-state index contributed by atoms with van der Waals surface area (Å²) in [5.74, 6) is 2.42. The Hall–Kier alpha value is -3.65. The van der Waals surface area contributed by atoms with Gasteiger partial charge in [-0.3, -0.25) is 4.79 Å². The Balaban J connectivity index is 1.36. The molecule has 0 fully saturated rings. The van der Waals surface area contributed by atoms with Crippen molar-refractivity contribution in [2.24, 2.45) is 0 Å². The van der Waals surface area contributed by atoms with Crippen molar-refractivity contribution in [1.82, 2.24) is 9.97 Å². The first-order chi connectivity index (χ1) is 15.6. The first-order valence-electron chi connectivity index (χ1n) is 10.0. The summed E-state index contributed by atoms with van der Waals surface area (Å²) in [4.78, 5) is 21.2. The first-order valence-corrected chi connectivity index (χ1v) is 10.9. The number of ether oxygens (including phenoxy) is 2. The van der Waals surface area contributed by atoms with E-state index in [-0.39, 0.29) is 12.3 Å². The molecule has 164 valence electrons. The highest BCUT2D eigenvalue weighted by molar-refractivity contribution is 7.14. The number of benzene rings is 2. The number of oxazole rings is 1. The lowest BCUT2D eigenvalue weighted by atomic mass is 10.1. The monoisotopic (exact) mass is 449 g/mol. The van der Waals surface area contributed by atoms with Crippen molar-refractivity contribution in [3.8, 4) is 34.1 Å². The minimum absolute atomic E-state index is 0.150. The Bertz CT molecular complexity index is 1210. The molecule has 0 atom stereocenters. The van der Waals surface area contributed by atoms with E-state index in [0.29, 0.717) is 34.7 Å². The standard InChI is InChI=1S/C24H23N3O4S/c1-15-4-6-16(7-5-15)21-13-25-23(31-21)11-10-22(28)27-24-26-19(14-32-24)18-9-8-17(29-2)12-20(18)30-3/h4-9,12-14H,10-11H2,1-3H3,(H,26,27,28). The second-order valence-electron chi connectivity index (χ2n) is 7.14. The number of anilines is 1. The maximum atomic E-state index is 12.4. The van der Waals surface area contributed by atoms with Crippen LogP contribution in [-0.4, -0.2) is 30.1 Å². The van der Waals surface area contributed by atoms with Gasteiger partial charge in [-0.25, -0.2) is 9.97 Å². The zero-order chi connectivity index (χ0) is 22.5. The maximum absolute atomic E-state index is 12.4. The number of nitrogens with one attached hydrogen (secondary N) is 1. The third-order valence-electron chi connectivity index (χ3n) is 4.89. The molecule has 2 heterocycles. The van der Waals surface area contributed by atoms with Crippen LogP contribution in [0.3, 0.4) is 0 Å². The van der Waals surface area contributed by atoms with Gasteiger partial charge < -0.3 is 19.2 Å². The van der Waals surface area contributed by atoms with Crippen molar-refractivity contribution in [2.45, 2.75) is 19.8 Å². The van der Waals surface area contributed by atoms with Gasteiger partial charge >= 0.3 is 0 Å². The Labute approximate surface area is 190 Å². The van der Waals surface area contributed by atoms with Gasteiger partial charge in [0.1, 0.15) is 11.5 Å². The molecule has 0 saturated carbocycles. The molecule has 0 aliphatic rings. The summed E-state index contributed by atoms with van der Waals surface area (Å²) in [6, 6.07) is 13.6. The van der Waals surface area contributed by atoms with Gasteiger partial charge in [0.15, 0.2) is 16.8 Å². The van der Waals surface area contributed by atoms with E-state index in [1.807, 2.05) is 48.7 Å². The lowest BCUT2D eigenvalue weighted by Gasteiger charge is -2.08. The highest BCUT2D eigenvalue weighted by Crippen LogP contribution is 2.34. The fraction of sp³-hybridized carbons (Fsp3) is 0.208. The van der Waals surface area contributed by atoms with Gasteiger partial charge in [0.25, 0.3) is 0 Å². The molecule has 4 rings (SSSR count). The number of aromatic nitrogens is 2. The third kappa shape index (κ3) is 4.97. The van der Waals surface area contributed by atoms with E-state index in [1.54, 1.807) is 26.5 Å². The largest absolute Gasteiger partial charge is 0.497 e. The molecule has 0 spiro atoms. The predicted molar refractivity (Wildman–Crippen MR) is 124 cm³/mol. The van der Waals surface area contributed by atoms with Crippen LogP contribution >= 0.6 is 11.3 Å². The lowest BCUT2D eigenvalue weighted by molar-refractivity contribution is -0.116. The van der Waals surface area contributed by atoms with Gasteiger partial charge in [-0.2, -0.15) is 0 Å². The number of methoxy groups -OCH3 is 2. The molecule has 2 aromatic heterocycles. The molecule has 0 aliphatic heterocycles. The molecule has 7 nitrogen and oxygen atoms in total. The lowest BCUT2D eigenvalue weighted by Crippen LogP contribution is -2.12.